The van der Waals surface area contributed by atoms with Crippen molar-refractivity contribution in [2.45, 2.75) is 44.6 Å². The third-order valence-electron chi connectivity index (χ3n) is 5.26. The third-order valence-corrected chi connectivity index (χ3v) is 5.26. The van der Waals surface area contributed by atoms with Crippen LogP contribution in [-0.4, -0.2) is 37.7 Å². The Hall–Kier alpha value is -1.06. The molecule has 3 heteroatoms. The van der Waals surface area contributed by atoms with E-state index in [0.29, 0.717) is 6.04 Å². The molecule has 0 aromatic heterocycles. The molecular weight excluding hydrogens is 260 g/mol. The molecule has 1 aromatic rings. The Balaban J connectivity index is 1.67. The normalized spacial score (nSPS) is 26.4. The van der Waals surface area contributed by atoms with Crippen LogP contribution in [0.5, 0.6) is 5.75 Å². The Morgan fingerprint density at radius 3 is 3.00 bits per heavy atom. The maximum Gasteiger partial charge on any atom is 0.119 e. The highest BCUT2D eigenvalue weighted by atomic mass is 16.5. The summed E-state index contributed by atoms with van der Waals surface area (Å²) in [6, 6.07) is 7.29. The fraction of sp³-hybridized carbons (Fsp3) is 0.667. The quantitative estimate of drug-likeness (QED) is 0.925. The van der Waals surface area contributed by atoms with E-state index in [2.05, 4.69) is 23.1 Å². The summed E-state index contributed by atoms with van der Waals surface area (Å²) < 4.78 is 5.38. The van der Waals surface area contributed by atoms with Crippen LogP contribution in [0.3, 0.4) is 0 Å². The van der Waals surface area contributed by atoms with Gasteiger partial charge in [0, 0.05) is 12.6 Å². The first kappa shape index (κ1) is 14.9. The Morgan fingerprint density at radius 1 is 1.29 bits per heavy atom. The SMILES string of the molecule is COc1ccc2c(c1)CC(N1CCCC(CCN)C1)CC2. The molecule has 2 aliphatic rings. The van der Waals surface area contributed by atoms with Crippen LogP contribution in [0.1, 0.15) is 36.8 Å². The van der Waals surface area contributed by atoms with E-state index in [0.717, 1.165) is 18.2 Å². The van der Waals surface area contributed by atoms with Crippen molar-refractivity contribution in [2.75, 3.05) is 26.7 Å². The zero-order valence-electron chi connectivity index (χ0n) is 13.2. The van der Waals surface area contributed by atoms with Crippen LogP contribution >= 0.6 is 0 Å². The van der Waals surface area contributed by atoms with E-state index in [1.165, 1.54) is 62.7 Å². The van der Waals surface area contributed by atoms with Gasteiger partial charge in [-0.05, 0) is 80.8 Å². The van der Waals surface area contributed by atoms with Crippen LogP contribution in [0, 0.1) is 5.92 Å². The Labute approximate surface area is 128 Å². The molecule has 1 fully saturated rings. The number of hydrogen-bond acceptors (Lipinski definition) is 3. The summed E-state index contributed by atoms with van der Waals surface area (Å²) in [6.07, 6.45) is 7.59. The minimum absolute atomic E-state index is 0.713. The predicted molar refractivity (Wildman–Crippen MR) is 86.8 cm³/mol. The topological polar surface area (TPSA) is 38.5 Å². The van der Waals surface area contributed by atoms with Crippen LogP contribution < -0.4 is 10.5 Å². The first-order valence-corrected chi connectivity index (χ1v) is 8.40. The zero-order valence-corrected chi connectivity index (χ0v) is 13.2. The standard InChI is InChI=1S/C18H28N2O/c1-21-18-7-5-15-4-6-17(11-16(15)12-18)20-10-2-3-14(13-20)8-9-19/h5,7,12,14,17H,2-4,6,8-11,13,19H2,1H3. The minimum atomic E-state index is 0.713. The maximum absolute atomic E-state index is 5.75. The van der Waals surface area contributed by atoms with Gasteiger partial charge in [0.1, 0.15) is 5.75 Å². The molecule has 1 saturated heterocycles. The van der Waals surface area contributed by atoms with Gasteiger partial charge >= 0.3 is 0 Å². The largest absolute Gasteiger partial charge is 0.497 e. The summed E-state index contributed by atoms with van der Waals surface area (Å²) >= 11 is 0. The van der Waals surface area contributed by atoms with Crippen LogP contribution in [0.25, 0.3) is 0 Å². The van der Waals surface area contributed by atoms with Crippen LogP contribution in [0.4, 0.5) is 0 Å². The van der Waals surface area contributed by atoms with Crippen molar-refractivity contribution >= 4 is 0 Å². The lowest BCUT2D eigenvalue weighted by Crippen LogP contribution is -2.45. The van der Waals surface area contributed by atoms with Crippen LogP contribution in [0.2, 0.25) is 0 Å². The number of hydrogen-bond donors (Lipinski definition) is 1. The van der Waals surface area contributed by atoms with E-state index in [4.69, 9.17) is 10.5 Å². The predicted octanol–water partition coefficient (Wildman–Crippen LogP) is 2.61. The second-order valence-corrected chi connectivity index (χ2v) is 6.61. The molecule has 116 valence electrons. The molecule has 3 nitrogen and oxygen atoms in total. The lowest BCUT2D eigenvalue weighted by molar-refractivity contribution is 0.110. The number of aryl methyl sites for hydroxylation is 1. The minimum Gasteiger partial charge on any atom is -0.497 e. The number of benzene rings is 1. The van der Waals surface area contributed by atoms with Crippen molar-refractivity contribution in [2.24, 2.45) is 11.7 Å². The monoisotopic (exact) mass is 288 g/mol. The summed E-state index contributed by atoms with van der Waals surface area (Å²) in [4.78, 5) is 2.73. The summed E-state index contributed by atoms with van der Waals surface area (Å²) in [6.45, 7) is 3.36. The molecule has 1 aliphatic heterocycles. The molecule has 0 spiro atoms. The van der Waals surface area contributed by atoms with Gasteiger partial charge in [0.15, 0.2) is 0 Å². The van der Waals surface area contributed by atoms with Gasteiger partial charge in [-0.1, -0.05) is 6.07 Å². The molecule has 0 radical (unpaired) electrons. The van der Waals surface area contributed by atoms with Gasteiger partial charge in [-0.2, -0.15) is 0 Å². The van der Waals surface area contributed by atoms with Gasteiger partial charge in [-0.25, -0.2) is 0 Å². The molecule has 2 atom stereocenters. The molecular formula is C18H28N2O. The fourth-order valence-corrected chi connectivity index (χ4v) is 4.05. The van der Waals surface area contributed by atoms with Crippen molar-refractivity contribution < 1.29 is 4.74 Å². The molecule has 1 aromatic carbocycles. The highest BCUT2D eigenvalue weighted by Crippen LogP contribution is 2.30. The lowest BCUT2D eigenvalue weighted by Gasteiger charge is -2.40. The fourth-order valence-electron chi connectivity index (χ4n) is 4.05. The Kier molecular flexibility index (Phi) is 4.81. The van der Waals surface area contributed by atoms with E-state index in [-0.39, 0.29) is 0 Å². The van der Waals surface area contributed by atoms with Crippen LogP contribution in [0.15, 0.2) is 18.2 Å². The van der Waals surface area contributed by atoms with E-state index in [9.17, 15) is 0 Å². The van der Waals surface area contributed by atoms with Crippen molar-refractivity contribution in [1.82, 2.24) is 4.90 Å². The van der Waals surface area contributed by atoms with Gasteiger partial charge in [0.05, 0.1) is 7.11 Å². The van der Waals surface area contributed by atoms with Crippen molar-refractivity contribution in [1.29, 1.82) is 0 Å². The van der Waals surface area contributed by atoms with Crippen molar-refractivity contribution in [3.05, 3.63) is 29.3 Å². The van der Waals surface area contributed by atoms with Gasteiger partial charge in [0.2, 0.25) is 0 Å². The highest BCUT2D eigenvalue weighted by Gasteiger charge is 2.28. The maximum atomic E-state index is 5.75. The average molecular weight is 288 g/mol. The summed E-state index contributed by atoms with van der Waals surface area (Å²) in [5.74, 6) is 1.81. The third kappa shape index (κ3) is 3.41. The number of likely N-dealkylation sites (tertiary alicyclic amines) is 1. The molecule has 0 bridgehead atoms. The van der Waals surface area contributed by atoms with E-state index >= 15 is 0 Å². The first-order chi connectivity index (χ1) is 10.3. The number of nitrogens with zero attached hydrogens (tertiary/aromatic N) is 1. The van der Waals surface area contributed by atoms with Gasteiger partial charge in [-0.3, -0.25) is 4.90 Å². The van der Waals surface area contributed by atoms with E-state index in [1.54, 1.807) is 7.11 Å². The molecule has 1 heterocycles. The number of ether oxygens (including phenoxy) is 1. The average Bonchev–Trinajstić information content (AvgIpc) is 2.54. The number of nitrogens with two attached hydrogens (primary N) is 1. The number of methoxy groups -OCH3 is 1. The Bertz CT molecular complexity index is 472. The van der Waals surface area contributed by atoms with E-state index in [1.807, 2.05) is 0 Å². The number of piperidine rings is 1. The molecule has 0 saturated carbocycles. The molecule has 1 aliphatic carbocycles. The van der Waals surface area contributed by atoms with Gasteiger partial charge in [0.25, 0.3) is 0 Å². The lowest BCUT2D eigenvalue weighted by atomic mass is 9.85. The Morgan fingerprint density at radius 2 is 2.19 bits per heavy atom. The first-order valence-electron chi connectivity index (χ1n) is 8.40. The highest BCUT2D eigenvalue weighted by molar-refractivity contribution is 5.37. The smallest absolute Gasteiger partial charge is 0.119 e. The van der Waals surface area contributed by atoms with E-state index < -0.39 is 0 Å². The number of rotatable bonds is 4. The van der Waals surface area contributed by atoms with Crippen molar-refractivity contribution in [3.8, 4) is 5.75 Å². The molecule has 2 unspecified atom stereocenters. The molecule has 21 heavy (non-hydrogen) atoms. The number of fused-ring (bicyclic) bond motifs is 1. The summed E-state index contributed by atoms with van der Waals surface area (Å²) in [5.41, 5.74) is 8.75. The molecule has 3 rings (SSSR count). The van der Waals surface area contributed by atoms with Gasteiger partial charge in [-0.15, -0.1) is 0 Å². The summed E-state index contributed by atoms with van der Waals surface area (Å²) in [7, 11) is 1.75. The van der Waals surface area contributed by atoms with Gasteiger partial charge < -0.3 is 10.5 Å². The second kappa shape index (κ2) is 6.80. The van der Waals surface area contributed by atoms with Crippen LogP contribution in [-0.2, 0) is 12.8 Å². The van der Waals surface area contributed by atoms with Crippen molar-refractivity contribution in [3.63, 3.8) is 0 Å². The molecule has 2 N–H and O–H groups in total. The second-order valence-electron chi connectivity index (χ2n) is 6.61. The molecule has 0 amide bonds. The summed E-state index contributed by atoms with van der Waals surface area (Å²) in [5, 5.41) is 0. The zero-order chi connectivity index (χ0) is 14.7.